The van der Waals surface area contributed by atoms with E-state index in [-0.39, 0.29) is 18.1 Å². The van der Waals surface area contributed by atoms with Crippen molar-refractivity contribution in [3.63, 3.8) is 0 Å². The van der Waals surface area contributed by atoms with Gasteiger partial charge < -0.3 is 10.4 Å². The zero-order chi connectivity index (χ0) is 15.6. The molecule has 116 valence electrons. The van der Waals surface area contributed by atoms with Crippen LogP contribution < -0.4 is 5.32 Å². The van der Waals surface area contributed by atoms with E-state index in [9.17, 15) is 23.1 Å². The van der Waals surface area contributed by atoms with Gasteiger partial charge in [0.2, 0.25) is 5.91 Å². The van der Waals surface area contributed by atoms with Crippen LogP contribution in [-0.4, -0.2) is 42.9 Å². The highest BCUT2D eigenvalue weighted by atomic mass is 32.2. The molecule has 1 rings (SSSR count). The molecule has 0 aromatic heterocycles. The van der Waals surface area contributed by atoms with E-state index in [1.807, 2.05) is 6.92 Å². The Labute approximate surface area is 119 Å². The van der Waals surface area contributed by atoms with E-state index in [0.29, 0.717) is 25.7 Å². The number of hydrogen-bond donors (Lipinski definition) is 2. The number of hydrogen-bond acceptors (Lipinski definition) is 4. The van der Waals surface area contributed by atoms with Crippen molar-refractivity contribution in [2.24, 2.45) is 5.41 Å². The average molecular weight is 305 g/mol. The smallest absolute Gasteiger partial charge is 0.329 e. The van der Waals surface area contributed by atoms with Gasteiger partial charge in [-0.25, -0.2) is 13.2 Å². The molecule has 0 spiro atoms. The van der Waals surface area contributed by atoms with Crippen molar-refractivity contribution in [2.75, 3.05) is 12.0 Å². The van der Waals surface area contributed by atoms with Gasteiger partial charge in [0.25, 0.3) is 0 Å². The molecule has 1 amide bonds. The SMILES string of the molecule is CCCC(C)(NC(=O)CC1(CS(C)(=O)=O)CC1)C(=O)O. The van der Waals surface area contributed by atoms with E-state index in [2.05, 4.69) is 5.32 Å². The van der Waals surface area contributed by atoms with E-state index in [0.717, 1.165) is 6.26 Å². The Morgan fingerprint density at radius 2 is 1.90 bits per heavy atom. The highest BCUT2D eigenvalue weighted by Gasteiger charge is 2.47. The standard InChI is InChI=1S/C13H23NO5S/c1-4-5-12(2,11(16)17)14-10(15)8-13(6-7-13)9-20(3,18)19/h4-9H2,1-3H3,(H,14,15)(H,16,17). The quantitative estimate of drug-likeness (QED) is 0.695. The molecular weight excluding hydrogens is 282 g/mol. The van der Waals surface area contributed by atoms with Gasteiger partial charge in [0.15, 0.2) is 0 Å². The summed E-state index contributed by atoms with van der Waals surface area (Å²) in [7, 11) is -3.13. The van der Waals surface area contributed by atoms with Crippen molar-refractivity contribution < 1.29 is 23.1 Å². The van der Waals surface area contributed by atoms with Crippen LogP contribution in [0.1, 0.15) is 46.0 Å². The summed E-state index contributed by atoms with van der Waals surface area (Å²) in [5.41, 5.74) is -1.77. The van der Waals surface area contributed by atoms with E-state index < -0.39 is 26.8 Å². The summed E-state index contributed by atoms with van der Waals surface area (Å²) in [6.45, 7) is 3.33. The predicted molar refractivity (Wildman–Crippen MR) is 75.1 cm³/mol. The second-order valence-electron chi connectivity index (χ2n) is 6.18. The lowest BCUT2D eigenvalue weighted by Gasteiger charge is -2.26. The molecule has 0 heterocycles. The van der Waals surface area contributed by atoms with Crippen molar-refractivity contribution >= 4 is 21.7 Å². The van der Waals surface area contributed by atoms with Crippen molar-refractivity contribution in [3.8, 4) is 0 Å². The molecule has 1 unspecified atom stereocenters. The summed E-state index contributed by atoms with van der Waals surface area (Å²) in [5, 5.41) is 11.7. The normalized spacial score (nSPS) is 19.9. The van der Waals surface area contributed by atoms with Gasteiger partial charge in [-0.1, -0.05) is 13.3 Å². The van der Waals surface area contributed by atoms with Gasteiger partial charge in [-0.05, 0) is 31.6 Å². The maximum atomic E-state index is 12.0. The summed E-state index contributed by atoms with van der Waals surface area (Å²) in [6.07, 6.45) is 3.61. The zero-order valence-electron chi connectivity index (χ0n) is 12.2. The Balaban J connectivity index is 2.66. The summed E-state index contributed by atoms with van der Waals surface area (Å²) in [5.74, 6) is -1.46. The highest BCUT2D eigenvalue weighted by molar-refractivity contribution is 7.90. The molecule has 6 nitrogen and oxygen atoms in total. The average Bonchev–Trinajstić information content (AvgIpc) is 2.93. The third-order valence-electron chi connectivity index (χ3n) is 3.70. The minimum absolute atomic E-state index is 0.00894. The fraction of sp³-hybridized carbons (Fsp3) is 0.846. The Hall–Kier alpha value is -1.11. The molecule has 1 aliphatic carbocycles. The number of carbonyl (C=O) groups excluding carboxylic acids is 1. The fourth-order valence-corrected chi connectivity index (χ4v) is 4.02. The number of carboxylic acids is 1. The van der Waals surface area contributed by atoms with Crippen LogP contribution in [-0.2, 0) is 19.4 Å². The number of nitrogens with one attached hydrogen (secondary N) is 1. The monoisotopic (exact) mass is 305 g/mol. The van der Waals surface area contributed by atoms with Crippen LogP contribution in [0.25, 0.3) is 0 Å². The molecule has 1 atom stereocenters. The van der Waals surface area contributed by atoms with Crippen LogP contribution in [0, 0.1) is 5.41 Å². The summed E-state index contributed by atoms with van der Waals surface area (Å²) in [4.78, 5) is 23.3. The molecule has 1 saturated carbocycles. The van der Waals surface area contributed by atoms with Crippen LogP contribution in [0.3, 0.4) is 0 Å². The maximum absolute atomic E-state index is 12.0. The van der Waals surface area contributed by atoms with Crippen molar-refractivity contribution in [3.05, 3.63) is 0 Å². The first-order chi connectivity index (χ1) is 9.02. The summed E-state index contributed by atoms with van der Waals surface area (Å²) < 4.78 is 22.7. The number of aliphatic carboxylic acids is 1. The van der Waals surface area contributed by atoms with Crippen LogP contribution in [0.5, 0.6) is 0 Å². The first-order valence-corrected chi connectivity index (χ1v) is 8.80. The van der Waals surface area contributed by atoms with Gasteiger partial charge in [-0.15, -0.1) is 0 Å². The second-order valence-corrected chi connectivity index (χ2v) is 8.32. The van der Waals surface area contributed by atoms with Gasteiger partial charge in [0.1, 0.15) is 15.4 Å². The molecule has 0 saturated heterocycles. The Bertz CT molecular complexity index is 495. The first kappa shape index (κ1) is 16.9. The molecule has 0 radical (unpaired) electrons. The number of carboxylic acid groups (broad SMARTS) is 1. The number of amides is 1. The third-order valence-corrected chi connectivity index (χ3v) is 4.84. The largest absolute Gasteiger partial charge is 0.480 e. The summed E-state index contributed by atoms with van der Waals surface area (Å²) in [6, 6.07) is 0. The molecule has 2 N–H and O–H groups in total. The number of rotatable bonds is 8. The van der Waals surface area contributed by atoms with Crippen molar-refractivity contribution in [2.45, 2.75) is 51.5 Å². The predicted octanol–water partition coefficient (Wildman–Crippen LogP) is 0.961. The van der Waals surface area contributed by atoms with E-state index in [4.69, 9.17) is 0 Å². The van der Waals surface area contributed by atoms with Gasteiger partial charge in [-0.3, -0.25) is 4.79 Å². The molecule has 0 aliphatic heterocycles. The minimum Gasteiger partial charge on any atom is -0.480 e. The molecule has 7 heteroatoms. The van der Waals surface area contributed by atoms with Crippen molar-refractivity contribution in [1.82, 2.24) is 5.32 Å². The fourth-order valence-electron chi connectivity index (χ4n) is 2.52. The molecular formula is C13H23NO5S. The second kappa shape index (κ2) is 5.71. The molecule has 20 heavy (non-hydrogen) atoms. The third kappa shape index (κ3) is 4.77. The zero-order valence-corrected chi connectivity index (χ0v) is 13.0. The van der Waals surface area contributed by atoms with Gasteiger partial charge in [0.05, 0.1) is 5.75 Å². The Morgan fingerprint density at radius 1 is 1.35 bits per heavy atom. The molecule has 1 fully saturated rings. The topological polar surface area (TPSA) is 101 Å². The maximum Gasteiger partial charge on any atom is 0.329 e. The lowest BCUT2D eigenvalue weighted by atomic mass is 9.95. The molecule has 0 aromatic carbocycles. The van der Waals surface area contributed by atoms with Gasteiger partial charge in [-0.2, -0.15) is 0 Å². The molecule has 1 aliphatic rings. The number of carbonyl (C=O) groups is 2. The number of sulfone groups is 1. The van der Waals surface area contributed by atoms with E-state index in [1.165, 1.54) is 6.92 Å². The van der Waals surface area contributed by atoms with Gasteiger partial charge in [0, 0.05) is 12.7 Å². The Kier molecular flexibility index (Phi) is 4.84. The first-order valence-electron chi connectivity index (χ1n) is 6.74. The van der Waals surface area contributed by atoms with Crippen LogP contribution in [0.15, 0.2) is 0 Å². The summed E-state index contributed by atoms with van der Waals surface area (Å²) >= 11 is 0. The Morgan fingerprint density at radius 3 is 2.25 bits per heavy atom. The van der Waals surface area contributed by atoms with Crippen LogP contribution >= 0.6 is 0 Å². The lowest BCUT2D eigenvalue weighted by molar-refractivity contribution is -0.147. The minimum atomic E-state index is -3.13. The highest BCUT2D eigenvalue weighted by Crippen LogP contribution is 2.49. The van der Waals surface area contributed by atoms with Crippen LogP contribution in [0.2, 0.25) is 0 Å². The van der Waals surface area contributed by atoms with Crippen LogP contribution in [0.4, 0.5) is 0 Å². The molecule has 0 bridgehead atoms. The van der Waals surface area contributed by atoms with E-state index >= 15 is 0 Å². The van der Waals surface area contributed by atoms with Gasteiger partial charge >= 0.3 is 5.97 Å². The lowest BCUT2D eigenvalue weighted by Crippen LogP contribution is -2.52. The van der Waals surface area contributed by atoms with E-state index in [1.54, 1.807) is 0 Å². The molecule has 0 aromatic rings. The van der Waals surface area contributed by atoms with Crippen molar-refractivity contribution in [1.29, 1.82) is 0 Å².